The van der Waals surface area contributed by atoms with Crippen LogP contribution in [0, 0.1) is 0 Å². The van der Waals surface area contributed by atoms with Crippen LogP contribution < -0.4 is 4.90 Å². The Hall–Kier alpha value is -1.59. The van der Waals surface area contributed by atoms with E-state index in [-0.39, 0.29) is 0 Å². The van der Waals surface area contributed by atoms with Gasteiger partial charge < -0.3 is 5.11 Å². The van der Waals surface area contributed by atoms with Gasteiger partial charge in [0.1, 0.15) is 0 Å². The van der Waals surface area contributed by atoms with E-state index in [2.05, 4.69) is 0 Å². The van der Waals surface area contributed by atoms with Crippen molar-refractivity contribution in [3.63, 3.8) is 0 Å². The molecule has 0 bridgehead atoms. The normalized spacial score (nSPS) is 20.8. The molecule has 0 saturated carbocycles. The minimum absolute atomic E-state index is 0.391. The van der Waals surface area contributed by atoms with Crippen LogP contribution in [0.25, 0.3) is 0 Å². The van der Waals surface area contributed by atoms with Gasteiger partial charge in [-0.2, -0.15) is 0 Å². The number of nitrogens with zero attached hydrogens (tertiary/aromatic N) is 2. The predicted octanol–water partition coefficient (Wildman–Crippen LogP) is 1.06. The minimum atomic E-state index is -1.48. The maximum Gasteiger partial charge on any atom is 0.333 e. The Kier molecular flexibility index (Phi) is 2.57. The van der Waals surface area contributed by atoms with E-state index in [0.29, 0.717) is 10.7 Å². The average Bonchev–Trinajstić information content (AvgIpc) is 2.44. The van der Waals surface area contributed by atoms with Gasteiger partial charge >= 0.3 is 6.03 Å². The third-order valence-corrected chi connectivity index (χ3v) is 2.61. The van der Waals surface area contributed by atoms with Gasteiger partial charge in [0.25, 0.3) is 5.91 Å². The van der Waals surface area contributed by atoms with Crippen molar-refractivity contribution in [3.05, 3.63) is 29.3 Å². The lowest BCUT2D eigenvalue weighted by atomic mass is 10.3. The second-order valence-electron chi connectivity index (χ2n) is 3.40. The minimum Gasteiger partial charge on any atom is -0.365 e. The molecule has 0 radical (unpaired) electrons. The predicted molar refractivity (Wildman–Crippen MR) is 58.1 cm³/mol. The molecule has 6 heteroatoms. The maximum absolute atomic E-state index is 11.7. The molecule has 1 aliphatic rings. The molecule has 1 aromatic rings. The third-order valence-electron chi connectivity index (χ3n) is 2.38. The summed E-state index contributed by atoms with van der Waals surface area (Å²) in [4.78, 5) is 24.9. The fraction of sp³-hybridized carbons (Fsp3) is 0.200. The van der Waals surface area contributed by atoms with Crippen LogP contribution in [0.3, 0.4) is 0 Å². The van der Waals surface area contributed by atoms with Crippen molar-refractivity contribution in [1.29, 1.82) is 0 Å². The molecule has 3 amide bonds. The van der Waals surface area contributed by atoms with E-state index in [9.17, 15) is 14.7 Å². The Morgan fingerprint density at radius 1 is 1.38 bits per heavy atom. The van der Waals surface area contributed by atoms with Crippen molar-refractivity contribution in [1.82, 2.24) is 4.90 Å². The first-order valence-electron chi connectivity index (χ1n) is 4.57. The molecular weight excluding hydrogens is 232 g/mol. The molecule has 0 spiro atoms. The standard InChI is InChI=1S/C10H9ClN2O3/c1-12-8(14)9(15)13(10(12)16)7-4-2-3-6(11)5-7/h2-5,9,15H,1H3. The lowest BCUT2D eigenvalue weighted by molar-refractivity contribution is -0.132. The SMILES string of the molecule is CN1C(=O)C(O)N(c2cccc(Cl)c2)C1=O. The van der Waals surface area contributed by atoms with E-state index < -0.39 is 18.2 Å². The van der Waals surface area contributed by atoms with E-state index in [4.69, 9.17) is 11.6 Å². The lowest BCUT2D eigenvalue weighted by Crippen LogP contribution is -2.34. The molecule has 1 atom stereocenters. The highest BCUT2D eigenvalue weighted by Crippen LogP contribution is 2.25. The number of carbonyl (C=O) groups excluding carboxylic acids is 2. The molecule has 1 aliphatic heterocycles. The zero-order chi connectivity index (χ0) is 11.9. The number of aliphatic hydroxyl groups is 1. The molecular formula is C10H9ClN2O3. The molecule has 0 aromatic heterocycles. The summed E-state index contributed by atoms with van der Waals surface area (Å²) in [5, 5.41) is 10.0. The Morgan fingerprint density at radius 3 is 2.56 bits per heavy atom. The molecule has 0 aliphatic carbocycles. The van der Waals surface area contributed by atoms with E-state index in [1.54, 1.807) is 18.2 Å². The number of benzene rings is 1. The average molecular weight is 241 g/mol. The van der Waals surface area contributed by atoms with E-state index in [0.717, 1.165) is 9.80 Å². The summed E-state index contributed by atoms with van der Waals surface area (Å²) in [5.74, 6) is -0.648. The zero-order valence-electron chi connectivity index (χ0n) is 8.42. The molecule has 1 unspecified atom stereocenters. The summed E-state index contributed by atoms with van der Waals surface area (Å²) < 4.78 is 0. The summed E-state index contributed by atoms with van der Waals surface area (Å²) in [7, 11) is 1.32. The van der Waals surface area contributed by atoms with E-state index in [1.165, 1.54) is 13.1 Å². The number of urea groups is 1. The fourth-order valence-electron chi connectivity index (χ4n) is 1.52. The van der Waals surface area contributed by atoms with Crippen molar-refractivity contribution in [2.24, 2.45) is 0 Å². The van der Waals surface area contributed by atoms with Gasteiger partial charge in [0.2, 0.25) is 6.23 Å². The number of hydrogen-bond donors (Lipinski definition) is 1. The van der Waals surface area contributed by atoms with Crippen LogP contribution >= 0.6 is 11.6 Å². The summed E-state index contributed by atoms with van der Waals surface area (Å²) in [6.45, 7) is 0. The van der Waals surface area contributed by atoms with Crippen LogP contribution in [0.1, 0.15) is 0 Å². The number of aliphatic hydroxyl groups excluding tert-OH is 1. The Balaban J connectivity index is 2.42. The van der Waals surface area contributed by atoms with Gasteiger partial charge in [-0.15, -0.1) is 0 Å². The van der Waals surface area contributed by atoms with Crippen LogP contribution in [-0.4, -0.2) is 35.2 Å². The van der Waals surface area contributed by atoms with E-state index >= 15 is 0 Å². The number of rotatable bonds is 1. The highest BCUT2D eigenvalue weighted by Gasteiger charge is 2.42. The zero-order valence-corrected chi connectivity index (χ0v) is 9.18. The second-order valence-corrected chi connectivity index (χ2v) is 3.84. The maximum atomic E-state index is 11.7. The van der Waals surface area contributed by atoms with Gasteiger partial charge in [-0.1, -0.05) is 17.7 Å². The van der Waals surface area contributed by atoms with Crippen LogP contribution in [0.15, 0.2) is 24.3 Å². The molecule has 84 valence electrons. The largest absolute Gasteiger partial charge is 0.365 e. The topological polar surface area (TPSA) is 60.9 Å². The first-order valence-corrected chi connectivity index (χ1v) is 4.94. The van der Waals surface area contributed by atoms with Gasteiger partial charge in [0, 0.05) is 12.1 Å². The summed E-state index contributed by atoms with van der Waals surface area (Å²) in [6, 6.07) is 5.82. The molecule has 1 saturated heterocycles. The van der Waals surface area contributed by atoms with Crippen LogP contribution in [0.2, 0.25) is 5.02 Å². The van der Waals surface area contributed by atoms with Gasteiger partial charge in [0.05, 0.1) is 5.69 Å². The monoisotopic (exact) mass is 240 g/mol. The van der Waals surface area contributed by atoms with Crippen LogP contribution in [0.5, 0.6) is 0 Å². The lowest BCUT2D eigenvalue weighted by Gasteiger charge is -2.17. The fourth-order valence-corrected chi connectivity index (χ4v) is 1.71. The molecule has 1 fully saturated rings. The number of amides is 3. The highest BCUT2D eigenvalue weighted by molar-refractivity contribution is 6.31. The summed E-state index contributed by atoms with van der Waals surface area (Å²) >= 11 is 5.77. The first-order chi connectivity index (χ1) is 7.52. The number of hydrogen-bond acceptors (Lipinski definition) is 3. The van der Waals surface area contributed by atoms with Gasteiger partial charge in [-0.25, -0.2) is 4.79 Å². The van der Waals surface area contributed by atoms with Crippen LogP contribution in [-0.2, 0) is 4.79 Å². The summed E-state index contributed by atoms with van der Waals surface area (Å²) in [5.41, 5.74) is 0.391. The number of imide groups is 1. The second kappa shape index (κ2) is 3.77. The first kappa shape index (κ1) is 10.9. The Labute approximate surface area is 96.8 Å². The van der Waals surface area contributed by atoms with Crippen LogP contribution in [0.4, 0.5) is 10.5 Å². The van der Waals surface area contributed by atoms with Gasteiger partial charge in [0.15, 0.2) is 0 Å². The van der Waals surface area contributed by atoms with E-state index in [1.807, 2.05) is 0 Å². The van der Waals surface area contributed by atoms with Crippen molar-refractivity contribution in [2.75, 3.05) is 11.9 Å². The smallest absolute Gasteiger partial charge is 0.333 e. The number of likely N-dealkylation sites (N-methyl/N-ethyl adjacent to an activating group) is 1. The number of carbonyl (C=O) groups is 2. The van der Waals surface area contributed by atoms with Crippen molar-refractivity contribution < 1.29 is 14.7 Å². The molecule has 1 heterocycles. The van der Waals surface area contributed by atoms with Crippen molar-refractivity contribution in [2.45, 2.75) is 6.23 Å². The molecule has 1 aromatic carbocycles. The number of halogens is 1. The Bertz CT molecular complexity index is 463. The number of anilines is 1. The van der Waals surface area contributed by atoms with Gasteiger partial charge in [-0.3, -0.25) is 14.6 Å². The molecule has 16 heavy (non-hydrogen) atoms. The summed E-state index contributed by atoms with van der Waals surface area (Å²) in [6.07, 6.45) is -1.48. The third kappa shape index (κ3) is 1.54. The van der Waals surface area contributed by atoms with Gasteiger partial charge in [-0.05, 0) is 18.2 Å². The molecule has 5 nitrogen and oxygen atoms in total. The quantitative estimate of drug-likeness (QED) is 0.747. The molecule has 2 rings (SSSR count). The molecule has 1 N–H and O–H groups in total. The van der Waals surface area contributed by atoms with Crippen molar-refractivity contribution >= 4 is 29.2 Å². The Morgan fingerprint density at radius 2 is 2.06 bits per heavy atom. The highest BCUT2D eigenvalue weighted by atomic mass is 35.5. The van der Waals surface area contributed by atoms with Crippen molar-refractivity contribution in [3.8, 4) is 0 Å².